The standard InChI is InChI=1S/C13H21BrOSi/c1-13(2,3)11-9-10(14)7-8-12(11)15-16(4,5)6/h7-9H,1-6H3. The number of benzene rings is 1. The Labute approximate surface area is 108 Å². The first kappa shape index (κ1) is 13.8. The molecule has 0 aliphatic heterocycles. The van der Waals surface area contributed by atoms with Gasteiger partial charge in [0.25, 0.3) is 0 Å². The molecule has 1 aromatic rings. The first-order valence-electron chi connectivity index (χ1n) is 5.59. The molecule has 3 heteroatoms. The van der Waals surface area contributed by atoms with Crippen LogP contribution in [-0.2, 0) is 5.41 Å². The van der Waals surface area contributed by atoms with Gasteiger partial charge < -0.3 is 4.43 Å². The molecule has 16 heavy (non-hydrogen) atoms. The molecule has 0 saturated heterocycles. The summed E-state index contributed by atoms with van der Waals surface area (Å²) in [5.74, 6) is 1.04. The Hall–Kier alpha value is -0.283. The highest BCUT2D eigenvalue weighted by atomic mass is 79.9. The van der Waals surface area contributed by atoms with E-state index in [4.69, 9.17) is 4.43 Å². The van der Waals surface area contributed by atoms with Gasteiger partial charge in [0, 0.05) is 4.47 Å². The normalized spacial score (nSPS) is 12.7. The minimum Gasteiger partial charge on any atom is -0.544 e. The second-order valence-corrected chi connectivity index (χ2v) is 11.4. The van der Waals surface area contributed by atoms with E-state index in [1.165, 1.54) is 5.56 Å². The van der Waals surface area contributed by atoms with Crippen LogP contribution < -0.4 is 4.43 Å². The van der Waals surface area contributed by atoms with Crippen LogP contribution in [-0.4, -0.2) is 8.32 Å². The summed E-state index contributed by atoms with van der Waals surface area (Å²) in [6, 6.07) is 6.28. The van der Waals surface area contributed by atoms with E-state index in [2.05, 4.69) is 68.5 Å². The van der Waals surface area contributed by atoms with Crippen molar-refractivity contribution in [2.45, 2.75) is 45.8 Å². The minimum atomic E-state index is -1.54. The molecule has 0 aromatic heterocycles. The van der Waals surface area contributed by atoms with Crippen LogP contribution in [0.2, 0.25) is 19.6 Å². The van der Waals surface area contributed by atoms with Crippen molar-refractivity contribution in [2.24, 2.45) is 0 Å². The van der Waals surface area contributed by atoms with Crippen LogP contribution in [0.4, 0.5) is 0 Å². The average molecular weight is 301 g/mol. The molecule has 0 unspecified atom stereocenters. The molecule has 1 nitrogen and oxygen atoms in total. The summed E-state index contributed by atoms with van der Waals surface area (Å²) in [6.45, 7) is 13.3. The third-order valence-corrected chi connectivity index (χ3v) is 3.49. The molecule has 0 radical (unpaired) electrons. The lowest BCUT2D eigenvalue weighted by Crippen LogP contribution is -2.30. The van der Waals surface area contributed by atoms with Gasteiger partial charge in [0.15, 0.2) is 0 Å². The molecule has 90 valence electrons. The third kappa shape index (κ3) is 3.94. The van der Waals surface area contributed by atoms with Crippen molar-refractivity contribution in [3.8, 4) is 5.75 Å². The van der Waals surface area contributed by atoms with Crippen molar-refractivity contribution < 1.29 is 4.43 Å². The monoisotopic (exact) mass is 300 g/mol. The Bertz CT molecular complexity index is 374. The molecule has 1 aromatic carbocycles. The van der Waals surface area contributed by atoms with Crippen LogP contribution in [0.25, 0.3) is 0 Å². The van der Waals surface area contributed by atoms with Gasteiger partial charge >= 0.3 is 0 Å². The van der Waals surface area contributed by atoms with Crippen LogP contribution >= 0.6 is 15.9 Å². The van der Waals surface area contributed by atoms with E-state index in [1.807, 2.05) is 6.07 Å². The molecule has 0 fully saturated rings. The largest absolute Gasteiger partial charge is 0.544 e. The smallest absolute Gasteiger partial charge is 0.242 e. The zero-order valence-electron chi connectivity index (χ0n) is 11.0. The predicted octanol–water partition coefficient (Wildman–Crippen LogP) is 4.96. The van der Waals surface area contributed by atoms with E-state index in [9.17, 15) is 0 Å². The summed E-state index contributed by atoms with van der Waals surface area (Å²) in [6.07, 6.45) is 0. The number of hydrogen-bond acceptors (Lipinski definition) is 1. The second kappa shape index (κ2) is 4.53. The van der Waals surface area contributed by atoms with Gasteiger partial charge in [-0.2, -0.15) is 0 Å². The van der Waals surface area contributed by atoms with Crippen LogP contribution in [0, 0.1) is 0 Å². The summed E-state index contributed by atoms with van der Waals surface area (Å²) in [7, 11) is -1.54. The van der Waals surface area contributed by atoms with Crippen molar-refractivity contribution in [3.05, 3.63) is 28.2 Å². The Kier molecular flexibility index (Phi) is 3.90. The predicted molar refractivity (Wildman–Crippen MR) is 76.8 cm³/mol. The Morgan fingerprint density at radius 3 is 2.12 bits per heavy atom. The maximum Gasteiger partial charge on any atom is 0.242 e. The molecular formula is C13H21BrOSi. The zero-order chi connectivity index (χ0) is 12.6. The average Bonchev–Trinajstić information content (AvgIpc) is 2.04. The van der Waals surface area contributed by atoms with E-state index in [0.29, 0.717) is 0 Å². The second-order valence-electron chi connectivity index (χ2n) is 6.10. The van der Waals surface area contributed by atoms with Gasteiger partial charge in [-0.05, 0) is 48.8 Å². The number of hydrogen-bond donors (Lipinski definition) is 0. The summed E-state index contributed by atoms with van der Waals surface area (Å²) in [5, 5.41) is 0. The molecule has 0 heterocycles. The summed E-state index contributed by atoms with van der Waals surface area (Å²) in [4.78, 5) is 0. The first-order valence-corrected chi connectivity index (χ1v) is 9.79. The van der Waals surface area contributed by atoms with Gasteiger partial charge in [0.2, 0.25) is 8.32 Å². The first-order chi connectivity index (χ1) is 7.09. The lowest BCUT2D eigenvalue weighted by atomic mass is 9.86. The van der Waals surface area contributed by atoms with Crippen LogP contribution in [0.3, 0.4) is 0 Å². The van der Waals surface area contributed by atoms with Crippen LogP contribution in [0.5, 0.6) is 5.75 Å². The Morgan fingerprint density at radius 2 is 1.69 bits per heavy atom. The Morgan fingerprint density at radius 1 is 1.12 bits per heavy atom. The Balaban J connectivity index is 3.19. The zero-order valence-corrected chi connectivity index (χ0v) is 13.6. The van der Waals surface area contributed by atoms with Crippen molar-refractivity contribution in [1.82, 2.24) is 0 Å². The van der Waals surface area contributed by atoms with Crippen LogP contribution in [0.1, 0.15) is 26.3 Å². The third-order valence-electron chi connectivity index (χ3n) is 2.17. The van der Waals surface area contributed by atoms with E-state index >= 15 is 0 Å². The molecule has 0 spiro atoms. The highest BCUT2D eigenvalue weighted by Gasteiger charge is 2.23. The maximum absolute atomic E-state index is 6.13. The lowest BCUT2D eigenvalue weighted by Gasteiger charge is -2.27. The molecule has 0 bridgehead atoms. The van der Waals surface area contributed by atoms with Gasteiger partial charge in [0.1, 0.15) is 5.75 Å². The fraction of sp³-hybridized carbons (Fsp3) is 0.538. The number of halogens is 1. The van der Waals surface area contributed by atoms with Crippen molar-refractivity contribution in [1.29, 1.82) is 0 Å². The van der Waals surface area contributed by atoms with E-state index in [0.717, 1.165) is 10.2 Å². The molecule has 0 N–H and O–H groups in total. The van der Waals surface area contributed by atoms with Gasteiger partial charge in [0.05, 0.1) is 0 Å². The molecule has 0 atom stereocenters. The van der Waals surface area contributed by atoms with Crippen molar-refractivity contribution >= 4 is 24.2 Å². The van der Waals surface area contributed by atoms with Gasteiger partial charge in [-0.3, -0.25) is 0 Å². The molecule has 1 rings (SSSR count). The fourth-order valence-corrected chi connectivity index (χ4v) is 2.71. The summed E-state index contributed by atoms with van der Waals surface area (Å²) < 4.78 is 7.24. The fourth-order valence-electron chi connectivity index (χ4n) is 1.51. The topological polar surface area (TPSA) is 9.23 Å². The molecular weight excluding hydrogens is 280 g/mol. The highest BCUT2D eigenvalue weighted by Crippen LogP contribution is 2.34. The summed E-state index contributed by atoms with van der Waals surface area (Å²) >= 11 is 3.52. The van der Waals surface area contributed by atoms with E-state index in [-0.39, 0.29) is 5.41 Å². The van der Waals surface area contributed by atoms with Crippen LogP contribution in [0.15, 0.2) is 22.7 Å². The lowest BCUT2D eigenvalue weighted by molar-refractivity contribution is 0.508. The highest BCUT2D eigenvalue weighted by molar-refractivity contribution is 9.10. The van der Waals surface area contributed by atoms with E-state index < -0.39 is 8.32 Å². The van der Waals surface area contributed by atoms with Gasteiger partial charge in [-0.1, -0.05) is 36.7 Å². The molecule has 0 aliphatic rings. The molecule has 0 saturated carbocycles. The quantitative estimate of drug-likeness (QED) is 0.701. The van der Waals surface area contributed by atoms with Gasteiger partial charge in [-0.15, -0.1) is 0 Å². The van der Waals surface area contributed by atoms with Crippen molar-refractivity contribution in [2.75, 3.05) is 0 Å². The maximum atomic E-state index is 6.13. The SMILES string of the molecule is CC(C)(C)c1cc(Br)ccc1O[Si](C)(C)C. The minimum absolute atomic E-state index is 0.110. The number of rotatable bonds is 2. The molecule has 0 amide bonds. The van der Waals surface area contributed by atoms with Gasteiger partial charge in [-0.25, -0.2) is 0 Å². The molecule has 0 aliphatic carbocycles. The summed E-state index contributed by atoms with van der Waals surface area (Å²) in [5.41, 5.74) is 1.38. The van der Waals surface area contributed by atoms with E-state index in [1.54, 1.807) is 0 Å². The van der Waals surface area contributed by atoms with Crippen molar-refractivity contribution in [3.63, 3.8) is 0 Å².